The Labute approximate surface area is 137 Å². The second-order valence-corrected chi connectivity index (χ2v) is 6.90. The van der Waals surface area contributed by atoms with E-state index in [9.17, 15) is 9.18 Å². The maximum Gasteiger partial charge on any atom is 0.248 e. The number of hydrogen-bond acceptors (Lipinski definition) is 3. The lowest BCUT2D eigenvalue weighted by Crippen LogP contribution is -2.45. The second kappa shape index (κ2) is 6.97. The molecule has 2 aliphatic rings. The highest BCUT2D eigenvalue weighted by atomic mass is 19.1. The van der Waals surface area contributed by atoms with Crippen molar-refractivity contribution in [3.8, 4) is 0 Å². The molecule has 5 heteroatoms. The van der Waals surface area contributed by atoms with Gasteiger partial charge in [-0.2, -0.15) is 0 Å². The lowest BCUT2D eigenvalue weighted by atomic mass is 9.79. The average Bonchev–Trinajstić information content (AvgIpc) is 2.93. The van der Waals surface area contributed by atoms with Gasteiger partial charge >= 0.3 is 0 Å². The molecule has 0 bridgehead atoms. The Bertz CT molecular complexity index is 566. The van der Waals surface area contributed by atoms with Crippen molar-refractivity contribution in [2.75, 3.05) is 39.9 Å². The smallest absolute Gasteiger partial charge is 0.248 e. The van der Waals surface area contributed by atoms with Crippen molar-refractivity contribution in [1.82, 2.24) is 9.80 Å². The maximum atomic E-state index is 13.9. The van der Waals surface area contributed by atoms with Crippen molar-refractivity contribution in [2.45, 2.75) is 25.8 Å². The second-order valence-electron chi connectivity index (χ2n) is 6.90. The van der Waals surface area contributed by atoms with Gasteiger partial charge in [-0.05, 0) is 31.9 Å². The molecule has 3 rings (SSSR count). The van der Waals surface area contributed by atoms with Crippen LogP contribution in [-0.2, 0) is 16.1 Å². The van der Waals surface area contributed by atoms with E-state index in [0.717, 1.165) is 51.0 Å². The predicted molar refractivity (Wildman–Crippen MR) is 86.4 cm³/mol. The van der Waals surface area contributed by atoms with Crippen LogP contribution in [0.25, 0.3) is 0 Å². The van der Waals surface area contributed by atoms with Crippen LogP contribution in [0.3, 0.4) is 0 Å². The summed E-state index contributed by atoms with van der Waals surface area (Å²) in [6.45, 7) is 4.38. The third-order valence-electron chi connectivity index (χ3n) is 5.15. The summed E-state index contributed by atoms with van der Waals surface area (Å²) in [5, 5.41) is 0. The zero-order chi connectivity index (χ0) is 16.3. The fraction of sp³-hybridized carbons (Fsp3) is 0.611. The van der Waals surface area contributed by atoms with E-state index >= 15 is 0 Å². The molecule has 4 nitrogen and oxygen atoms in total. The number of amides is 1. The molecule has 0 radical (unpaired) electrons. The normalized spacial score (nSPS) is 25.2. The van der Waals surface area contributed by atoms with E-state index in [2.05, 4.69) is 4.90 Å². The highest BCUT2D eigenvalue weighted by Gasteiger charge is 2.42. The van der Waals surface area contributed by atoms with Crippen LogP contribution in [0.4, 0.5) is 4.39 Å². The number of nitrogens with zero attached hydrogens (tertiary/aromatic N) is 2. The van der Waals surface area contributed by atoms with Crippen molar-refractivity contribution in [1.29, 1.82) is 0 Å². The molecular weight excluding hydrogens is 295 g/mol. The molecule has 1 unspecified atom stereocenters. The number of hydrogen-bond donors (Lipinski definition) is 0. The molecular formula is C18H25FN2O2. The van der Waals surface area contributed by atoms with Gasteiger partial charge in [0, 0.05) is 44.3 Å². The van der Waals surface area contributed by atoms with Crippen LogP contribution in [0.1, 0.15) is 24.8 Å². The van der Waals surface area contributed by atoms with Crippen molar-refractivity contribution in [3.05, 3.63) is 35.6 Å². The average molecular weight is 320 g/mol. The van der Waals surface area contributed by atoms with E-state index in [-0.39, 0.29) is 23.7 Å². The van der Waals surface area contributed by atoms with Gasteiger partial charge in [-0.25, -0.2) is 4.39 Å². The first-order chi connectivity index (χ1) is 11.1. The Hall–Kier alpha value is -1.46. The van der Waals surface area contributed by atoms with Gasteiger partial charge in [-0.3, -0.25) is 9.69 Å². The molecule has 0 aliphatic carbocycles. The number of carbonyl (C=O) groups is 1. The topological polar surface area (TPSA) is 32.8 Å². The van der Waals surface area contributed by atoms with Crippen LogP contribution >= 0.6 is 0 Å². The summed E-state index contributed by atoms with van der Waals surface area (Å²) in [7, 11) is 1.56. The molecule has 126 valence electrons. The number of ether oxygens (including phenoxy) is 1. The molecule has 2 fully saturated rings. The van der Waals surface area contributed by atoms with E-state index < -0.39 is 0 Å². The van der Waals surface area contributed by atoms with Gasteiger partial charge in [-0.1, -0.05) is 18.2 Å². The van der Waals surface area contributed by atoms with Gasteiger partial charge < -0.3 is 9.64 Å². The molecule has 0 N–H and O–H groups in total. The Morgan fingerprint density at radius 2 is 2.09 bits per heavy atom. The summed E-state index contributed by atoms with van der Waals surface area (Å²) < 4.78 is 18.8. The van der Waals surface area contributed by atoms with Crippen molar-refractivity contribution < 1.29 is 13.9 Å². The summed E-state index contributed by atoms with van der Waals surface area (Å²) in [5.41, 5.74) is 0.933. The Morgan fingerprint density at radius 1 is 1.26 bits per heavy atom. The van der Waals surface area contributed by atoms with Gasteiger partial charge in [0.05, 0.1) is 0 Å². The number of rotatable bonds is 4. The molecule has 2 heterocycles. The zero-order valence-corrected chi connectivity index (χ0v) is 13.8. The minimum absolute atomic E-state index is 0.0793. The van der Waals surface area contributed by atoms with Crippen LogP contribution in [0, 0.1) is 11.2 Å². The molecule has 1 aromatic carbocycles. The van der Waals surface area contributed by atoms with Crippen LogP contribution in [-0.4, -0.2) is 55.6 Å². The molecule has 0 aromatic heterocycles. The van der Waals surface area contributed by atoms with Crippen LogP contribution in [0.15, 0.2) is 24.3 Å². The van der Waals surface area contributed by atoms with E-state index in [1.165, 1.54) is 6.07 Å². The van der Waals surface area contributed by atoms with Crippen molar-refractivity contribution in [2.24, 2.45) is 5.41 Å². The van der Waals surface area contributed by atoms with Crippen LogP contribution < -0.4 is 0 Å². The van der Waals surface area contributed by atoms with E-state index in [0.29, 0.717) is 6.54 Å². The van der Waals surface area contributed by atoms with E-state index in [4.69, 9.17) is 4.74 Å². The molecule has 23 heavy (non-hydrogen) atoms. The van der Waals surface area contributed by atoms with Crippen molar-refractivity contribution in [3.63, 3.8) is 0 Å². The van der Waals surface area contributed by atoms with Crippen molar-refractivity contribution >= 4 is 5.91 Å². The van der Waals surface area contributed by atoms with Gasteiger partial charge in [-0.15, -0.1) is 0 Å². The minimum Gasteiger partial charge on any atom is -0.375 e. The first-order valence-electron chi connectivity index (χ1n) is 8.34. The minimum atomic E-state index is -0.129. The lowest BCUT2D eigenvalue weighted by Gasteiger charge is -2.40. The summed E-state index contributed by atoms with van der Waals surface area (Å²) in [5.74, 6) is -0.0500. The zero-order valence-electron chi connectivity index (χ0n) is 13.8. The molecule has 1 atom stereocenters. The van der Waals surface area contributed by atoms with E-state index in [1.54, 1.807) is 13.2 Å². The highest BCUT2D eigenvalue weighted by Crippen LogP contribution is 2.39. The maximum absolute atomic E-state index is 13.9. The fourth-order valence-corrected chi connectivity index (χ4v) is 4.01. The first-order valence-corrected chi connectivity index (χ1v) is 8.34. The van der Waals surface area contributed by atoms with Gasteiger partial charge in [0.25, 0.3) is 0 Å². The van der Waals surface area contributed by atoms with Crippen LogP contribution in [0.2, 0.25) is 0 Å². The Kier molecular flexibility index (Phi) is 4.97. The number of likely N-dealkylation sites (tertiary alicyclic amines) is 2. The summed E-state index contributed by atoms with van der Waals surface area (Å²) >= 11 is 0. The quantitative estimate of drug-likeness (QED) is 0.853. The summed E-state index contributed by atoms with van der Waals surface area (Å²) in [6.07, 6.45) is 3.30. The number of piperidine rings is 1. The monoisotopic (exact) mass is 320 g/mol. The fourth-order valence-electron chi connectivity index (χ4n) is 4.01. The Morgan fingerprint density at radius 3 is 2.87 bits per heavy atom. The largest absolute Gasteiger partial charge is 0.375 e. The summed E-state index contributed by atoms with van der Waals surface area (Å²) in [4.78, 5) is 16.3. The number of benzene rings is 1. The third kappa shape index (κ3) is 3.72. The molecule has 0 saturated carbocycles. The standard InChI is InChI=1S/C18H25FN2O2/c1-23-12-17(22)21-10-8-18(14-21)7-4-9-20(13-18)11-15-5-2-3-6-16(15)19/h2-3,5-6H,4,7-14H2,1H3. The highest BCUT2D eigenvalue weighted by molar-refractivity contribution is 5.77. The van der Waals surface area contributed by atoms with Gasteiger partial charge in [0.2, 0.25) is 5.91 Å². The third-order valence-corrected chi connectivity index (χ3v) is 5.15. The van der Waals surface area contributed by atoms with Gasteiger partial charge in [0.15, 0.2) is 0 Å². The number of methoxy groups -OCH3 is 1. The Balaban J connectivity index is 1.62. The molecule has 1 amide bonds. The van der Waals surface area contributed by atoms with E-state index in [1.807, 2.05) is 17.0 Å². The summed E-state index contributed by atoms with van der Waals surface area (Å²) in [6, 6.07) is 7.00. The molecule has 2 saturated heterocycles. The van der Waals surface area contributed by atoms with Crippen LogP contribution in [0.5, 0.6) is 0 Å². The SMILES string of the molecule is COCC(=O)N1CCC2(CCCN(Cc3ccccc3F)C2)C1. The van der Waals surface area contributed by atoms with Gasteiger partial charge in [0.1, 0.15) is 12.4 Å². The molecule has 1 aromatic rings. The first kappa shape index (κ1) is 16.4. The molecule has 1 spiro atoms. The predicted octanol–water partition coefficient (Wildman–Crippen LogP) is 2.29. The number of carbonyl (C=O) groups excluding carboxylic acids is 1. The molecule has 2 aliphatic heterocycles. The lowest BCUT2D eigenvalue weighted by molar-refractivity contribution is -0.134. The number of halogens is 1.